The number of hydrogen-bond acceptors (Lipinski definition) is 3. The Morgan fingerprint density at radius 2 is 2.18 bits per heavy atom. The topological polar surface area (TPSA) is 35.2 Å². The number of hydrogen-bond donors (Lipinski definition) is 1. The smallest absolute Gasteiger partial charge is 0.134 e. The summed E-state index contributed by atoms with van der Waals surface area (Å²) in [7, 11) is 1.72. The number of nitrogens with two attached hydrogens (primary N) is 1. The van der Waals surface area contributed by atoms with E-state index in [0.29, 0.717) is 0 Å². The lowest BCUT2D eigenvalue weighted by molar-refractivity contribution is 0.323. The normalized spacial score (nSPS) is 19.2. The van der Waals surface area contributed by atoms with Gasteiger partial charge in [0, 0.05) is 6.04 Å². The first-order valence-corrected chi connectivity index (χ1v) is 7.56. The molecule has 1 aromatic rings. The Labute approximate surface area is 108 Å². The van der Waals surface area contributed by atoms with Gasteiger partial charge < -0.3 is 10.5 Å². The summed E-state index contributed by atoms with van der Waals surface area (Å²) in [6.45, 7) is 0. The zero-order valence-corrected chi connectivity index (χ0v) is 11.5. The molecule has 0 radical (unpaired) electrons. The van der Waals surface area contributed by atoms with E-state index in [9.17, 15) is 0 Å². The van der Waals surface area contributed by atoms with Crippen LogP contribution in [-0.2, 0) is 0 Å². The summed E-state index contributed by atoms with van der Waals surface area (Å²) in [5.41, 5.74) is 6.26. The highest BCUT2D eigenvalue weighted by Gasteiger charge is 2.17. The lowest BCUT2D eigenvalue weighted by Crippen LogP contribution is -2.13. The van der Waals surface area contributed by atoms with E-state index in [0.717, 1.165) is 18.1 Å². The quantitative estimate of drug-likeness (QED) is 0.856. The van der Waals surface area contributed by atoms with Crippen LogP contribution in [0.4, 0.5) is 0 Å². The van der Waals surface area contributed by atoms with Crippen LogP contribution >= 0.6 is 11.3 Å². The molecular formula is C14H23NOS. The molecule has 1 aliphatic rings. The molecule has 0 aromatic carbocycles. The van der Waals surface area contributed by atoms with Crippen molar-refractivity contribution in [1.82, 2.24) is 0 Å². The second-order valence-corrected chi connectivity index (χ2v) is 5.99. The highest BCUT2D eigenvalue weighted by atomic mass is 32.1. The van der Waals surface area contributed by atoms with Crippen LogP contribution in [0, 0.1) is 5.92 Å². The van der Waals surface area contributed by atoms with Gasteiger partial charge in [-0.3, -0.25) is 0 Å². The minimum Gasteiger partial charge on any atom is -0.496 e. The van der Waals surface area contributed by atoms with Gasteiger partial charge in [-0.25, -0.2) is 0 Å². The van der Waals surface area contributed by atoms with Crippen LogP contribution in [0.5, 0.6) is 5.75 Å². The second-order valence-electron chi connectivity index (χ2n) is 5.04. The van der Waals surface area contributed by atoms with Crippen LogP contribution in [0.2, 0.25) is 0 Å². The summed E-state index contributed by atoms with van der Waals surface area (Å²) in [4.78, 5) is 1.21. The SMILES string of the molecule is COc1ccsc1C(N)CCC1CCCCC1. The Hall–Kier alpha value is -0.540. The number of ether oxygens (including phenoxy) is 1. The van der Waals surface area contributed by atoms with Gasteiger partial charge >= 0.3 is 0 Å². The Bertz CT molecular complexity index is 331. The summed E-state index contributed by atoms with van der Waals surface area (Å²) < 4.78 is 5.33. The van der Waals surface area contributed by atoms with E-state index in [2.05, 4.69) is 5.38 Å². The fourth-order valence-corrected chi connectivity index (χ4v) is 3.67. The maximum Gasteiger partial charge on any atom is 0.134 e. The van der Waals surface area contributed by atoms with Gasteiger partial charge in [-0.15, -0.1) is 11.3 Å². The predicted octanol–water partition coefficient (Wildman–Crippen LogP) is 4.12. The fourth-order valence-electron chi connectivity index (χ4n) is 2.77. The second kappa shape index (κ2) is 6.41. The molecule has 1 unspecified atom stereocenters. The molecule has 0 spiro atoms. The van der Waals surface area contributed by atoms with E-state index in [1.807, 2.05) is 6.07 Å². The van der Waals surface area contributed by atoms with Gasteiger partial charge in [0.15, 0.2) is 0 Å². The number of rotatable bonds is 5. The Morgan fingerprint density at radius 1 is 1.41 bits per heavy atom. The minimum atomic E-state index is 0.159. The third-order valence-electron chi connectivity index (χ3n) is 3.82. The van der Waals surface area contributed by atoms with Crippen LogP contribution in [0.1, 0.15) is 55.9 Å². The van der Waals surface area contributed by atoms with E-state index in [1.54, 1.807) is 18.4 Å². The first-order chi connectivity index (χ1) is 8.31. The Morgan fingerprint density at radius 3 is 2.88 bits per heavy atom. The summed E-state index contributed by atoms with van der Waals surface area (Å²) in [6, 6.07) is 2.17. The van der Waals surface area contributed by atoms with E-state index < -0.39 is 0 Å². The maximum absolute atomic E-state index is 6.26. The van der Waals surface area contributed by atoms with Crippen LogP contribution in [0.15, 0.2) is 11.4 Å². The third-order valence-corrected chi connectivity index (χ3v) is 4.85. The average molecular weight is 253 g/mol. The predicted molar refractivity (Wildman–Crippen MR) is 73.6 cm³/mol. The molecule has 1 heterocycles. The molecule has 1 fully saturated rings. The van der Waals surface area contributed by atoms with Crippen molar-refractivity contribution in [2.75, 3.05) is 7.11 Å². The van der Waals surface area contributed by atoms with E-state index >= 15 is 0 Å². The van der Waals surface area contributed by atoms with Crippen LogP contribution in [0.3, 0.4) is 0 Å². The third kappa shape index (κ3) is 3.46. The molecule has 1 saturated carbocycles. The zero-order valence-electron chi connectivity index (χ0n) is 10.7. The van der Waals surface area contributed by atoms with Crippen LogP contribution in [-0.4, -0.2) is 7.11 Å². The molecule has 2 rings (SSSR count). The molecule has 17 heavy (non-hydrogen) atoms. The maximum atomic E-state index is 6.26. The number of methoxy groups -OCH3 is 1. The van der Waals surface area contributed by atoms with E-state index in [4.69, 9.17) is 10.5 Å². The van der Waals surface area contributed by atoms with Gasteiger partial charge in [-0.1, -0.05) is 32.1 Å². The Balaban J connectivity index is 1.82. The monoisotopic (exact) mass is 253 g/mol. The van der Waals surface area contributed by atoms with E-state index in [1.165, 1.54) is 43.4 Å². The van der Waals surface area contributed by atoms with Gasteiger partial charge in [0.05, 0.1) is 12.0 Å². The molecule has 0 aliphatic heterocycles. The zero-order chi connectivity index (χ0) is 12.1. The standard InChI is InChI=1S/C14H23NOS/c1-16-13-9-10-17-14(13)12(15)8-7-11-5-3-2-4-6-11/h9-12H,2-8,15H2,1H3. The van der Waals surface area contributed by atoms with Crippen molar-refractivity contribution in [3.63, 3.8) is 0 Å². The molecule has 0 saturated heterocycles. The van der Waals surface area contributed by atoms with Gasteiger partial charge in [-0.2, -0.15) is 0 Å². The van der Waals surface area contributed by atoms with Gasteiger partial charge in [0.2, 0.25) is 0 Å². The van der Waals surface area contributed by atoms with Gasteiger partial charge in [0.25, 0.3) is 0 Å². The summed E-state index contributed by atoms with van der Waals surface area (Å²) >= 11 is 1.72. The summed E-state index contributed by atoms with van der Waals surface area (Å²) in [5, 5.41) is 2.06. The van der Waals surface area contributed by atoms with Gasteiger partial charge in [0.1, 0.15) is 5.75 Å². The van der Waals surface area contributed by atoms with Crippen LogP contribution in [0.25, 0.3) is 0 Å². The molecule has 1 atom stereocenters. The molecule has 2 nitrogen and oxygen atoms in total. The summed E-state index contributed by atoms with van der Waals surface area (Å²) in [6.07, 6.45) is 9.47. The van der Waals surface area contributed by atoms with Crippen molar-refractivity contribution in [2.45, 2.75) is 51.0 Å². The van der Waals surface area contributed by atoms with Crippen molar-refractivity contribution in [2.24, 2.45) is 11.7 Å². The highest BCUT2D eigenvalue weighted by molar-refractivity contribution is 7.10. The molecule has 2 N–H and O–H groups in total. The molecular weight excluding hydrogens is 230 g/mol. The average Bonchev–Trinajstić information content (AvgIpc) is 2.85. The van der Waals surface area contributed by atoms with Crippen molar-refractivity contribution in [1.29, 1.82) is 0 Å². The Kier molecular flexibility index (Phi) is 4.86. The van der Waals surface area contributed by atoms with Gasteiger partial charge in [-0.05, 0) is 30.2 Å². The highest BCUT2D eigenvalue weighted by Crippen LogP contribution is 2.34. The molecule has 1 aliphatic carbocycles. The molecule has 3 heteroatoms. The van der Waals surface area contributed by atoms with Crippen LogP contribution < -0.4 is 10.5 Å². The van der Waals surface area contributed by atoms with E-state index in [-0.39, 0.29) is 6.04 Å². The molecule has 1 aromatic heterocycles. The van der Waals surface area contributed by atoms with Crippen molar-refractivity contribution in [3.05, 3.63) is 16.3 Å². The lowest BCUT2D eigenvalue weighted by Gasteiger charge is -2.22. The van der Waals surface area contributed by atoms with Crippen molar-refractivity contribution in [3.8, 4) is 5.75 Å². The number of thiophene rings is 1. The van der Waals surface area contributed by atoms with Crippen molar-refractivity contribution >= 4 is 11.3 Å². The first kappa shape index (κ1) is 12.9. The largest absolute Gasteiger partial charge is 0.496 e. The molecule has 0 amide bonds. The van der Waals surface area contributed by atoms with Crippen molar-refractivity contribution < 1.29 is 4.74 Å². The fraction of sp³-hybridized carbons (Fsp3) is 0.714. The lowest BCUT2D eigenvalue weighted by atomic mass is 9.85. The molecule has 96 valence electrons. The minimum absolute atomic E-state index is 0.159. The molecule has 0 bridgehead atoms. The summed E-state index contributed by atoms with van der Waals surface area (Å²) in [5.74, 6) is 1.88. The first-order valence-electron chi connectivity index (χ1n) is 6.68.